The molecule has 0 saturated carbocycles. The third kappa shape index (κ3) is 13.1. The summed E-state index contributed by atoms with van der Waals surface area (Å²) in [5.74, 6) is 0. The van der Waals surface area contributed by atoms with Gasteiger partial charge in [-0.2, -0.15) is 0 Å². The van der Waals surface area contributed by atoms with Crippen molar-refractivity contribution in [3.05, 3.63) is 0 Å². The first-order valence-corrected chi connectivity index (χ1v) is 4.17. The fourth-order valence-corrected chi connectivity index (χ4v) is 0.612. The zero-order valence-corrected chi connectivity index (χ0v) is 6.94. The minimum Gasteiger partial charge on any atom is -0.724 e. The highest BCUT2D eigenvalue weighted by atomic mass is 32.3. The maximum absolute atomic E-state index is 9.37. The van der Waals surface area contributed by atoms with Crippen molar-refractivity contribution in [2.45, 2.75) is 0 Å². The topological polar surface area (TPSA) is 133 Å². The summed E-state index contributed by atoms with van der Waals surface area (Å²) in [4.78, 5) is 0. The predicted molar refractivity (Wildman–Crippen MR) is 28.9 cm³/mol. The van der Waals surface area contributed by atoms with Crippen molar-refractivity contribution in [2.75, 3.05) is 0 Å². The van der Waals surface area contributed by atoms with E-state index in [4.69, 9.17) is 0 Å². The second-order valence-electron chi connectivity index (χ2n) is 0.953. The predicted octanol–water partition coefficient (Wildman–Crippen LogP) is -2.15. The van der Waals surface area contributed by atoms with Crippen LogP contribution in [0.3, 0.4) is 0 Å². The SMILES string of the molecule is O=S(=O)([O-])OOS(=O)(=O)[O-].[S+2]. The summed E-state index contributed by atoms with van der Waals surface area (Å²) in [6.07, 6.45) is 0. The van der Waals surface area contributed by atoms with Crippen molar-refractivity contribution in [3.63, 3.8) is 0 Å². The van der Waals surface area contributed by atoms with Crippen LogP contribution in [0.25, 0.3) is 0 Å². The fraction of sp³-hybridized carbons (Fsp3) is 0. The van der Waals surface area contributed by atoms with Gasteiger partial charge in [0.1, 0.15) is 0 Å². The third-order valence-electron chi connectivity index (χ3n) is 0.194. The van der Waals surface area contributed by atoms with Crippen LogP contribution in [-0.2, 0) is 43.0 Å². The lowest BCUT2D eigenvalue weighted by Gasteiger charge is -2.07. The monoisotopic (exact) mass is 224 g/mol. The summed E-state index contributed by atoms with van der Waals surface area (Å²) in [7, 11) is -10.6. The van der Waals surface area contributed by atoms with Crippen molar-refractivity contribution >= 4 is 34.3 Å². The van der Waals surface area contributed by atoms with E-state index in [1.165, 1.54) is 0 Å². The molecular formula is O8S3. The average molecular weight is 224 g/mol. The Bertz CT molecular complexity index is 245. The fourth-order valence-electron chi connectivity index (χ4n) is 0.0680. The molecule has 0 aromatic rings. The van der Waals surface area contributed by atoms with Gasteiger partial charge in [-0.1, -0.05) is 0 Å². The van der Waals surface area contributed by atoms with Crippen molar-refractivity contribution in [1.29, 1.82) is 0 Å². The largest absolute Gasteiger partial charge is 2.00 e. The number of hydrogen-bond acceptors (Lipinski definition) is 8. The molecule has 0 fully saturated rings. The lowest BCUT2D eigenvalue weighted by atomic mass is 14.9. The van der Waals surface area contributed by atoms with Crippen LogP contribution in [0.1, 0.15) is 0 Å². The highest BCUT2D eigenvalue weighted by Crippen LogP contribution is 1.92. The van der Waals surface area contributed by atoms with Crippen LogP contribution in [-0.4, -0.2) is 25.9 Å². The van der Waals surface area contributed by atoms with E-state index in [0.717, 1.165) is 0 Å². The van der Waals surface area contributed by atoms with Crippen LogP contribution >= 0.6 is 0 Å². The molecule has 0 amide bonds. The van der Waals surface area contributed by atoms with Crippen LogP contribution in [0.4, 0.5) is 0 Å². The van der Waals surface area contributed by atoms with Crippen LogP contribution in [0, 0.1) is 0 Å². The lowest BCUT2D eigenvalue weighted by Crippen LogP contribution is -2.10. The Kier molecular flexibility index (Phi) is 5.22. The molecule has 0 aromatic carbocycles. The molecular weight excluding hydrogens is 224 g/mol. The van der Waals surface area contributed by atoms with E-state index < -0.39 is 20.8 Å². The molecule has 0 aliphatic carbocycles. The molecule has 0 heterocycles. The summed E-state index contributed by atoms with van der Waals surface area (Å²) in [5.41, 5.74) is 0. The summed E-state index contributed by atoms with van der Waals surface area (Å²) in [6, 6.07) is 0. The molecule has 0 bridgehead atoms. The van der Waals surface area contributed by atoms with Crippen LogP contribution < -0.4 is 0 Å². The van der Waals surface area contributed by atoms with Gasteiger partial charge in [-0.15, -0.1) is 8.67 Å². The summed E-state index contributed by atoms with van der Waals surface area (Å²) in [6.45, 7) is 0. The third-order valence-corrected chi connectivity index (χ3v) is 0.750. The Morgan fingerprint density at radius 2 is 1.00 bits per heavy atom. The Morgan fingerprint density at radius 3 is 1.09 bits per heavy atom. The molecule has 0 saturated heterocycles. The van der Waals surface area contributed by atoms with E-state index >= 15 is 0 Å². The normalized spacial score (nSPS) is 12.2. The molecule has 0 atom stereocenters. The minimum absolute atomic E-state index is 0. The second kappa shape index (κ2) is 4.20. The molecule has 0 aromatic heterocycles. The Hall–Kier alpha value is 0.0900. The first-order valence-electron chi connectivity index (χ1n) is 1.50. The highest BCUT2D eigenvalue weighted by Gasteiger charge is 2.00. The molecule has 0 rings (SSSR count). The molecule has 66 valence electrons. The van der Waals surface area contributed by atoms with Gasteiger partial charge in [0.25, 0.3) is 0 Å². The quantitative estimate of drug-likeness (QED) is 0.229. The molecule has 11 heavy (non-hydrogen) atoms. The summed E-state index contributed by atoms with van der Waals surface area (Å²) in [5, 5.41) is 0. The van der Waals surface area contributed by atoms with Gasteiger partial charge in [0.05, 0.1) is 0 Å². The van der Waals surface area contributed by atoms with Gasteiger partial charge >= 0.3 is 13.5 Å². The van der Waals surface area contributed by atoms with Crippen molar-refractivity contribution < 1.29 is 34.6 Å². The molecule has 4 radical (unpaired) electrons. The Balaban J connectivity index is 0. The van der Waals surface area contributed by atoms with Crippen LogP contribution in [0.15, 0.2) is 0 Å². The summed E-state index contributed by atoms with van der Waals surface area (Å²) >= 11 is 0. The van der Waals surface area contributed by atoms with E-state index in [0.29, 0.717) is 0 Å². The molecule has 11 heteroatoms. The van der Waals surface area contributed by atoms with Gasteiger partial charge < -0.3 is 9.11 Å². The van der Waals surface area contributed by atoms with Crippen LogP contribution in [0.5, 0.6) is 0 Å². The highest BCUT2D eigenvalue weighted by molar-refractivity contribution is 7.83. The van der Waals surface area contributed by atoms with Gasteiger partial charge in [0.2, 0.25) is 20.8 Å². The van der Waals surface area contributed by atoms with Crippen LogP contribution in [0.2, 0.25) is 0 Å². The lowest BCUT2D eigenvalue weighted by molar-refractivity contribution is -0.107. The number of rotatable bonds is 3. The second-order valence-corrected chi connectivity index (χ2v) is 2.86. The molecule has 0 spiro atoms. The zero-order chi connectivity index (χ0) is 8.41. The standard InChI is InChI=1S/H2O8S2.S/c1-9(2,3)7-8-10(4,5)6;/h(H,1,2,3)(H,4,5,6);/q;+2/p-2. The van der Waals surface area contributed by atoms with E-state index in [1.807, 2.05) is 0 Å². The maximum atomic E-state index is 9.37. The first-order chi connectivity index (χ1) is 4.21. The smallest absolute Gasteiger partial charge is 0.724 e. The van der Waals surface area contributed by atoms with Gasteiger partial charge in [-0.25, -0.2) is 16.8 Å². The Morgan fingerprint density at radius 1 is 0.818 bits per heavy atom. The molecule has 0 aliphatic heterocycles. The Labute approximate surface area is 69.4 Å². The molecule has 0 N–H and O–H groups in total. The van der Waals surface area contributed by atoms with Crippen molar-refractivity contribution in [2.24, 2.45) is 0 Å². The van der Waals surface area contributed by atoms with E-state index in [-0.39, 0.29) is 13.5 Å². The molecule has 0 aliphatic rings. The van der Waals surface area contributed by atoms with Crippen molar-refractivity contribution in [3.8, 4) is 0 Å². The van der Waals surface area contributed by atoms with Gasteiger partial charge in [-0.3, -0.25) is 0 Å². The van der Waals surface area contributed by atoms with E-state index in [1.54, 1.807) is 0 Å². The maximum Gasteiger partial charge on any atom is 2.00 e. The molecule has 0 unspecified atom stereocenters. The van der Waals surface area contributed by atoms with Gasteiger partial charge in [-0.05, 0) is 0 Å². The summed E-state index contributed by atoms with van der Waals surface area (Å²) < 4.78 is 61.5. The molecule has 8 nitrogen and oxygen atoms in total. The first kappa shape index (κ1) is 13.7. The average Bonchev–Trinajstić information content (AvgIpc) is 1.57. The van der Waals surface area contributed by atoms with Gasteiger partial charge in [0.15, 0.2) is 0 Å². The van der Waals surface area contributed by atoms with E-state index in [9.17, 15) is 25.9 Å². The van der Waals surface area contributed by atoms with Gasteiger partial charge in [0, 0.05) is 0 Å². The van der Waals surface area contributed by atoms with E-state index in [2.05, 4.69) is 8.67 Å². The zero-order valence-electron chi connectivity index (χ0n) is 4.49. The number of hydrogen-bond donors (Lipinski definition) is 0. The van der Waals surface area contributed by atoms with Crippen molar-refractivity contribution in [1.82, 2.24) is 0 Å². The minimum atomic E-state index is -5.31.